The van der Waals surface area contributed by atoms with Gasteiger partial charge in [0.15, 0.2) is 0 Å². The molecule has 150 valence electrons. The first-order valence-corrected chi connectivity index (χ1v) is 10.4. The van der Waals surface area contributed by atoms with Crippen LogP contribution in [0.1, 0.15) is 38.8 Å². The summed E-state index contributed by atoms with van der Waals surface area (Å²) in [6.45, 7) is 9.91. The monoisotopic (exact) mass is 390 g/mol. The molecule has 0 radical (unpaired) electrons. The lowest BCUT2D eigenvalue weighted by molar-refractivity contribution is 0.292. The van der Waals surface area contributed by atoms with Crippen LogP contribution in [0.15, 0.2) is 50.8 Å². The van der Waals surface area contributed by atoms with Gasteiger partial charge in [0, 0.05) is 10.8 Å². The fraction of sp³-hybridized carbons (Fsp3) is 0.417. The summed E-state index contributed by atoms with van der Waals surface area (Å²) >= 11 is 0. The van der Waals surface area contributed by atoms with E-state index in [-0.39, 0.29) is 12.1 Å². The number of para-hydroxylation sites is 2. The van der Waals surface area contributed by atoms with E-state index >= 15 is 0 Å². The highest BCUT2D eigenvalue weighted by atomic mass is 16.5. The summed E-state index contributed by atoms with van der Waals surface area (Å²) in [5.74, 6) is 2.23. The molecule has 0 saturated heterocycles. The summed E-state index contributed by atoms with van der Waals surface area (Å²) in [6.07, 6.45) is 0. The van der Waals surface area contributed by atoms with Crippen LogP contribution in [0.4, 0.5) is 0 Å². The van der Waals surface area contributed by atoms with Gasteiger partial charge in [0.05, 0.1) is 23.2 Å². The Morgan fingerprint density at radius 1 is 0.724 bits per heavy atom. The summed E-state index contributed by atoms with van der Waals surface area (Å²) in [4.78, 5) is 9.59. The van der Waals surface area contributed by atoms with Gasteiger partial charge in [-0.25, -0.2) is 9.98 Å². The van der Waals surface area contributed by atoms with Gasteiger partial charge in [0.25, 0.3) is 0 Å². The summed E-state index contributed by atoms with van der Waals surface area (Å²) < 4.78 is 18.3. The molecule has 0 saturated carbocycles. The first-order chi connectivity index (χ1) is 14.0. The SMILES string of the molecule is CC(C)[C@@H]1COC(c2cccc3c2oc2c(C4=N[C@H](C(C)C)CO4)cccc23)=N1. The van der Waals surface area contributed by atoms with Crippen LogP contribution in [-0.2, 0) is 9.47 Å². The average molecular weight is 390 g/mol. The minimum absolute atomic E-state index is 0.189. The van der Waals surface area contributed by atoms with E-state index in [1.54, 1.807) is 0 Å². The third-order valence-electron chi connectivity index (χ3n) is 5.87. The van der Waals surface area contributed by atoms with Crippen LogP contribution in [-0.4, -0.2) is 37.1 Å². The Hall–Kier alpha value is -2.82. The number of furan rings is 1. The molecule has 0 fully saturated rings. The Morgan fingerprint density at radius 3 is 1.55 bits per heavy atom. The van der Waals surface area contributed by atoms with Gasteiger partial charge in [0.2, 0.25) is 11.8 Å². The lowest BCUT2D eigenvalue weighted by Crippen LogP contribution is -2.13. The number of hydrogen-bond acceptors (Lipinski definition) is 5. The topological polar surface area (TPSA) is 56.3 Å². The average Bonchev–Trinajstić information content (AvgIpc) is 3.44. The summed E-state index contributed by atoms with van der Waals surface area (Å²) in [5.41, 5.74) is 3.42. The molecule has 3 aromatic rings. The maximum absolute atomic E-state index is 6.41. The second-order valence-electron chi connectivity index (χ2n) is 8.58. The van der Waals surface area contributed by atoms with Gasteiger partial charge >= 0.3 is 0 Å². The minimum atomic E-state index is 0.189. The Balaban J connectivity index is 1.65. The van der Waals surface area contributed by atoms with E-state index in [4.69, 9.17) is 23.9 Å². The van der Waals surface area contributed by atoms with Crippen molar-refractivity contribution >= 4 is 33.7 Å². The zero-order valence-electron chi connectivity index (χ0n) is 17.3. The molecule has 0 bridgehead atoms. The van der Waals surface area contributed by atoms with E-state index in [0.717, 1.165) is 33.1 Å². The van der Waals surface area contributed by atoms with Crippen LogP contribution in [0.3, 0.4) is 0 Å². The molecule has 5 heteroatoms. The Labute approximate surface area is 170 Å². The highest BCUT2D eigenvalue weighted by molar-refractivity contribution is 6.17. The summed E-state index contributed by atoms with van der Waals surface area (Å²) in [5, 5.41) is 2.11. The molecule has 3 heterocycles. The van der Waals surface area contributed by atoms with Crippen molar-refractivity contribution < 1.29 is 13.9 Å². The van der Waals surface area contributed by atoms with Crippen molar-refractivity contribution in [3.63, 3.8) is 0 Å². The van der Waals surface area contributed by atoms with Gasteiger partial charge in [-0.15, -0.1) is 0 Å². The predicted molar refractivity (Wildman–Crippen MR) is 116 cm³/mol. The third-order valence-corrected chi connectivity index (χ3v) is 5.87. The van der Waals surface area contributed by atoms with Crippen molar-refractivity contribution in [2.75, 3.05) is 13.2 Å². The quantitative estimate of drug-likeness (QED) is 0.616. The predicted octanol–water partition coefficient (Wildman–Crippen LogP) is 5.19. The van der Waals surface area contributed by atoms with Gasteiger partial charge in [-0.1, -0.05) is 52.0 Å². The zero-order chi connectivity index (χ0) is 20.1. The van der Waals surface area contributed by atoms with Gasteiger partial charge in [-0.2, -0.15) is 0 Å². The zero-order valence-corrected chi connectivity index (χ0v) is 17.3. The van der Waals surface area contributed by atoms with E-state index < -0.39 is 0 Å². The van der Waals surface area contributed by atoms with Crippen LogP contribution >= 0.6 is 0 Å². The normalized spacial score (nSPS) is 21.7. The van der Waals surface area contributed by atoms with Crippen molar-refractivity contribution in [3.8, 4) is 0 Å². The summed E-state index contributed by atoms with van der Waals surface area (Å²) in [6, 6.07) is 12.6. The summed E-state index contributed by atoms with van der Waals surface area (Å²) in [7, 11) is 0. The molecule has 5 nitrogen and oxygen atoms in total. The highest BCUT2D eigenvalue weighted by Gasteiger charge is 2.28. The molecule has 2 aliphatic heterocycles. The molecule has 2 aliphatic rings. The minimum Gasteiger partial charge on any atom is -0.475 e. The van der Waals surface area contributed by atoms with Crippen molar-refractivity contribution in [1.29, 1.82) is 0 Å². The maximum Gasteiger partial charge on any atom is 0.220 e. The van der Waals surface area contributed by atoms with Crippen molar-refractivity contribution in [2.45, 2.75) is 39.8 Å². The molecule has 2 atom stereocenters. The molecule has 0 aliphatic carbocycles. The number of aliphatic imine (C=N–C) groups is 2. The Kier molecular flexibility index (Phi) is 4.34. The van der Waals surface area contributed by atoms with E-state index in [9.17, 15) is 0 Å². The second-order valence-corrected chi connectivity index (χ2v) is 8.58. The van der Waals surface area contributed by atoms with E-state index in [1.807, 2.05) is 24.3 Å². The molecule has 29 heavy (non-hydrogen) atoms. The number of hydrogen-bond donors (Lipinski definition) is 0. The standard InChI is InChI=1S/C24H26N2O3/c1-13(2)19-11-27-23(25-19)17-9-5-7-15-16-8-6-10-18(22(16)29-21(15)17)24-26-20(12-28-24)14(3)4/h5-10,13-14,19-20H,11-12H2,1-4H3/t19-,20-/m0/s1. The lowest BCUT2D eigenvalue weighted by Gasteiger charge is -2.06. The van der Waals surface area contributed by atoms with Crippen LogP contribution in [0, 0.1) is 11.8 Å². The van der Waals surface area contributed by atoms with E-state index in [1.165, 1.54) is 0 Å². The molecule has 0 N–H and O–H groups in total. The van der Waals surface area contributed by atoms with E-state index in [0.29, 0.717) is 36.8 Å². The maximum atomic E-state index is 6.41. The van der Waals surface area contributed by atoms with Gasteiger partial charge in [0.1, 0.15) is 24.4 Å². The number of nitrogens with zero attached hydrogens (tertiary/aromatic N) is 2. The molecular formula is C24H26N2O3. The van der Waals surface area contributed by atoms with Gasteiger partial charge in [-0.3, -0.25) is 0 Å². The molecule has 0 amide bonds. The van der Waals surface area contributed by atoms with Crippen molar-refractivity contribution in [3.05, 3.63) is 47.5 Å². The Morgan fingerprint density at radius 2 is 1.17 bits per heavy atom. The van der Waals surface area contributed by atoms with Crippen LogP contribution in [0.2, 0.25) is 0 Å². The largest absolute Gasteiger partial charge is 0.475 e. The van der Waals surface area contributed by atoms with Gasteiger partial charge < -0.3 is 13.9 Å². The highest BCUT2D eigenvalue weighted by Crippen LogP contribution is 2.35. The molecule has 1 aromatic heterocycles. The van der Waals surface area contributed by atoms with Crippen LogP contribution in [0.25, 0.3) is 21.9 Å². The number of ether oxygens (including phenoxy) is 2. The number of fused-ring (bicyclic) bond motifs is 3. The molecule has 0 spiro atoms. The molecule has 0 unspecified atom stereocenters. The first kappa shape index (κ1) is 18.2. The second kappa shape index (κ2) is 6.90. The van der Waals surface area contributed by atoms with Gasteiger partial charge in [-0.05, 0) is 24.0 Å². The Bertz CT molecular complexity index is 1050. The fourth-order valence-electron chi connectivity index (χ4n) is 3.91. The van der Waals surface area contributed by atoms with Crippen LogP contribution < -0.4 is 0 Å². The van der Waals surface area contributed by atoms with E-state index in [2.05, 4.69) is 39.8 Å². The van der Waals surface area contributed by atoms with Crippen molar-refractivity contribution in [2.24, 2.45) is 21.8 Å². The smallest absolute Gasteiger partial charge is 0.220 e. The molecular weight excluding hydrogens is 364 g/mol. The molecule has 5 rings (SSSR count). The lowest BCUT2D eigenvalue weighted by atomic mass is 10.1. The number of benzene rings is 2. The fourth-order valence-corrected chi connectivity index (χ4v) is 3.91. The van der Waals surface area contributed by atoms with Crippen LogP contribution in [0.5, 0.6) is 0 Å². The van der Waals surface area contributed by atoms with Crippen molar-refractivity contribution in [1.82, 2.24) is 0 Å². The third kappa shape index (κ3) is 3.00. The first-order valence-electron chi connectivity index (χ1n) is 10.4. The molecule has 2 aromatic carbocycles. The number of rotatable bonds is 4.